The van der Waals surface area contributed by atoms with Crippen molar-refractivity contribution in [3.63, 3.8) is 0 Å². The number of allylic oxidation sites excluding steroid dienone is 2. The average Bonchev–Trinajstić information content (AvgIpc) is 2.22. The number of unbranched alkanes of at least 4 members (excludes halogenated alkanes) is 3. The van der Waals surface area contributed by atoms with Crippen molar-refractivity contribution in [2.45, 2.75) is 50.6 Å². The van der Waals surface area contributed by atoms with Crippen molar-refractivity contribution in [3.05, 3.63) is 11.9 Å². The van der Waals surface area contributed by atoms with Crippen molar-refractivity contribution >= 4 is 0 Å². The van der Waals surface area contributed by atoms with Gasteiger partial charge in [-0.2, -0.15) is 30.7 Å². The van der Waals surface area contributed by atoms with Crippen LogP contribution in [-0.2, 0) is 0 Å². The lowest BCUT2D eigenvalue weighted by Crippen LogP contribution is -2.52. The zero-order valence-corrected chi connectivity index (χ0v) is 9.43. The summed E-state index contributed by atoms with van der Waals surface area (Å²) in [6.45, 7) is 1.76. The van der Waals surface area contributed by atoms with E-state index in [1.54, 1.807) is 6.92 Å². The second-order valence-corrected chi connectivity index (χ2v) is 3.69. The molecule has 0 aliphatic heterocycles. The Morgan fingerprint density at radius 2 is 1.44 bits per heavy atom. The van der Waals surface area contributed by atoms with Gasteiger partial charge in [-0.1, -0.05) is 19.8 Å². The lowest BCUT2D eigenvalue weighted by molar-refractivity contribution is -0.347. The molecular weight excluding hydrogens is 272 g/mol. The number of alkyl halides is 7. The summed E-state index contributed by atoms with van der Waals surface area (Å²) in [4.78, 5) is 0. The highest BCUT2D eigenvalue weighted by molar-refractivity contribution is 5.12. The average molecular weight is 284 g/mol. The normalized spacial score (nSPS) is 15.1. The lowest BCUT2D eigenvalue weighted by Gasteiger charge is -2.26. The summed E-state index contributed by atoms with van der Waals surface area (Å²) in [5.74, 6) is -15.1. The third-order valence-electron chi connectivity index (χ3n) is 2.18. The van der Waals surface area contributed by atoms with Crippen LogP contribution in [-0.4, -0.2) is 18.0 Å². The first-order valence-electron chi connectivity index (χ1n) is 5.17. The zero-order valence-electron chi connectivity index (χ0n) is 9.43. The molecule has 0 aromatic rings. The van der Waals surface area contributed by atoms with Gasteiger partial charge in [0.05, 0.1) is 0 Å². The Kier molecular flexibility index (Phi) is 5.61. The van der Waals surface area contributed by atoms with Crippen LogP contribution in [0.5, 0.6) is 0 Å². The van der Waals surface area contributed by atoms with Crippen LogP contribution in [0.4, 0.5) is 35.1 Å². The number of rotatable bonds is 6. The fraction of sp³-hybridized carbons (Fsp3) is 0.800. The standard InChI is InChI=1S/C10H12F8/c1-2-3-4-5-6-7(11)8(12,13)9(14,15)10(16,17)18/h6H,2-5H2,1H3. The minimum atomic E-state index is -6.51. The summed E-state index contributed by atoms with van der Waals surface area (Å²) in [7, 11) is 0. The van der Waals surface area contributed by atoms with Crippen molar-refractivity contribution < 1.29 is 35.1 Å². The fourth-order valence-electron chi connectivity index (χ4n) is 1.08. The predicted molar refractivity (Wildman–Crippen MR) is 49.3 cm³/mol. The van der Waals surface area contributed by atoms with Crippen molar-refractivity contribution in [1.82, 2.24) is 0 Å². The van der Waals surface area contributed by atoms with E-state index in [0.717, 1.165) is 0 Å². The van der Waals surface area contributed by atoms with Crippen molar-refractivity contribution in [1.29, 1.82) is 0 Å². The molecule has 0 saturated heterocycles. The van der Waals surface area contributed by atoms with E-state index in [-0.39, 0.29) is 18.9 Å². The van der Waals surface area contributed by atoms with E-state index in [1.165, 1.54) is 0 Å². The maximum atomic E-state index is 12.8. The van der Waals surface area contributed by atoms with Gasteiger partial charge in [-0.25, -0.2) is 4.39 Å². The maximum absolute atomic E-state index is 12.8. The molecule has 0 nitrogen and oxygen atoms in total. The first-order chi connectivity index (χ1) is 7.98. The molecule has 0 spiro atoms. The molecule has 0 aliphatic rings. The smallest absolute Gasteiger partial charge is 0.205 e. The van der Waals surface area contributed by atoms with Gasteiger partial charge in [-0.05, 0) is 18.9 Å². The number of halogens is 8. The molecule has 0 bridgehead atoms. The Hall–Kier alpha value is -0.820. The van der Waals surface area contributed by atoms with Crippen molar-refractivity contribution in [3.8, 4) is 0 Å². The molecule has 0 atom stereocenters. The molecule has 0 aromatic heterocycles. The third-order valence-corrected chi connectivity index (χ3v) is 2.18. The van der Waals surface area contributed by atoms with Gasteiger partial charge >= 0.3 is 18.0 Å². The van der Waals surface area contributed by atoms with Gasteiger partial charge in [0.15, 0.2) is 5.83 Å². The van der Waals surface area contributed by atoms with Gasteiger partial charge in [0, 0.05) is 0 Å². The van der Waals surface area contributed by atoms with Crippen LogP contribution in [0.1, 0.15) is 32.6 Å². The van der Waals surface area contributed by atoms with Gasteiger partial charge in [0.2, 0.25) is 0 Å². The van der Waals surface area contributed by atoms with Crippen LogP contribution in [0.25, 0.3) is 0 Å². The summed E-state index contributed by atoms with van der Waals surface area (Å²) in [6, 6.07) is 0. The van der Waals surface area contributed by atoms with Gasteiger partial charge in [-0.15, -0.1) is 0 Å². The molecule has 0 unspecified atom stereocenters. The molecule has 108 valence electrons. The highest BCUT2D eigenvalue weighted by Gasteiger charge is 2.74. The molecule has 0 radical (unpaired) electrons. The van der Waals surface area contributed by atoms with E-state index in [1.807, 2.05) is 0 Å². The highest BCUT2D eigenvalue weighted by atomic mass is 19.4. The van der Waals surface area contributed by atoms with Crippen LogP contribution in [0.15, 0.2) is 11.9 Å². The van der Waals surface area contributed by atoms with E-state index in [2.05, 4.69) is 0 Å². The molecule has 0 saturated carbocycles. The minimum Gasteiger partial charge on any atom is -0.205 e. The van der Waals surface area contributed by atoms with E-state index >= 15 is 0 Å². The molecule has 18 heavy (non-hydrogen) atoms. The Balaban J connectivity index is 4.91. The van der Waals surface area contributed by atoms with E-state index in [9.17, 15) is 35.1 Å². The van der Waals surface area contributed by atoms with Crippen molar-refractivity contribution in [2.75, 3.05) is 0 Å². The Morgan fingerprint density at radius 1 is 0.944 bits per heavy atom. The molecule has 0 aliphatic carbocycles. The molecule has 0 amide bonds. The molecule has 0 fully saturated rings. The molecule has 0 rings (SSSR count). The van der Waals surface area contributed by atoms with Crippen LogP contribution < -0.4 is 0 Å². The molecule has 8 heteroatoms. The van der Waals surface area contributed by atoms with Gasteiger partial charge in [0.25, 0.3) is 0 Å². The largest absolute Gasteiger partial charge is 0.460 e. The topological polar surface area (TPSA) is 0 Å². The third kappa shape index (κ3) is 3.58. The Labute approximate surface area is 98.7 Å². The minimum absolute atomic E-state index is 0.0787. The first-order valence-corrected chi connectivity index (χ1v) is 5.17. The summed E-state index contributed by atoms with van der Waals surface area (Å²) in [6.07, 6.45) is -5.31. The molecular formula is C10H12F8. The summed E-state index contributed by atoms with van der Waals surface area (Å²) in [5, 5.41) is 0. The quantitative estimate of drug-likeness (QED) is 0.461. The maximum Gasteiger partial charge on any atom is 0.460 e. The van der Waals surface area contributed by atoms with Gasteiger partial charge < -0.3 is 0 Å². The zero-order chi connectivity index (χ0) is 14.6. The van der Waals surface area contributed by atoms with Crippen LogP contribution in [0, 0.1) is 0 Å². The Morgan fingerprint density at radius 3 is 1.83 bits per heavy atom. The summed E-state index contributed by atoms with van der Waals surface area (Å²) >= 11 is 0. The van der Waals surface area contributed by atoms with Crippen LogP contribution in [0.2, 0.25) is 0 Å². The lowest BCUT2D eigenvalue weighted by atomic mass is 10.1. The number of hydrogen-bond acceptors (Lipinski definition) is 0. The molecule has 0 heterocycles. The monoisotopic (exact) mass is 284 g/mol. The van der Waals surface area contributed by atoms with E-state index in [0.29, 0.717) is 12.8 Å². The van der Waals surface area contributed by atoms with Gasteiger partial charge in [-0.3, -0.25) is 0 Å². The van der Waals surface area contributed by atoms with E-state index in [4.69, 9.17) is 0 Å². The van der Waals surface area contributed by atoms with Crippen LogP contribution in [0.3, 0.4) is 0 Å². The SMILES string of the molecule is CCCCCC=C(F)C(F)(F)C(F)(F)C(F)(F)F. The second-order valence-electron chi connectivity index (χ2n) is 3.69. The number of hydrogen-bond donors (Lipinski definition) is 0. The van der Waals surface area contributed by atoms with E-state index < -0.39 is 23.8 Å². The van der Waals surface area contributed by atoms with Crippen LogP contribution >= 0.6 is 0 Å². The van der Waals surface area contributed by atoms with Gasteiger partial charge in [0.1, 0.15) is 0 Å². The molecule has 0 N–H and O–H groups in total. The summed E-state index contributed by atoms with van der Waals surface area (Å²) < 4.78 is 98.0. The Bertz CT molecular complexity index is 289. The second kappa shape index (κ2) is 5.88. The predicted octanol–water partition coefficient (Wildman–Crippen LogP) is 5.25. The highest BCUT2D eigenvalue weighted by Crippen LogP contribution is 2.50. The first kappa shape index (κ1) is 17.2. The molecule has 0 aromatic carbocycles. The van der Waals surface area contributed by atoms with Crippen molar-refractivity contribution in [2.24, 2.45) is 0 Å². The summed E-state index contributed by atoms with van der Waals surface area (Å²) in [5.41, 5.74) is 0. The fourth-order valence-corrected chi connectivity index (χ4v) is 1.08.